The summed E-state index contributed by atoms with van der Waals surface area (Å²) in [5, 5.41) is 5.72. The molecule has 2 N–H and O–H groups in total. The highest BCUT2D eigenvalue weighted by Gasteiger charge is 2.37. The van der Waals surface area contributed by atoms with Gasteiger partial charge in [0.25, 0.3) is 5.91 Å². The number of hydrogen-bond donors (Lipinski definition) is 1. The van der Waals surface area contributed by atoms with Crippen LogP contribution in [0.1, 0.15) is 20.3 Å². The van der Waals surface area contributed by atoms with Gasteiger partial charge in [0.2, 0.25) is 0 Å². The lowest BCUT2D eigenvalue weighted by Crippen LogP contribution is -2.30. The number of nitrogens with two attached hydrogens (primary N) is 1. The van der Waals surface area contributed by atoms with Gasteiger partial charge in [-0.05, 0) is 18.9 Å². The van der Waals surface area contributed by atoms with E-state index >= 15 is 0 Å². The molecule has 0 saturated carbocycles. The van der Waals surface area contributed by atoms with Crippen molar-refractivity contribution in [3.05, 3.63) is 18.6 Å². The summed E-state index contributed by atoms with van der Waals surface area (Å²) < 4.78 is 0. The molecule has 18 heavy (non-hydrogen) atoms. The van der Waals surface area contributed by atoms with E-state index in [9.17, 15) is 4.79 Å². The van der Waals surface area contributed by atoms with Crippen molar-refractivity contribution in [2.45, 2.75) is 20.3 Å². The van der Waals surface area contributed by atoms with Crippen molar-refractivity contribution in [1.29, 1.82) is 0 Å². The molecule has 6 nitrogen and oxygen atoms in total. The van der Waals surface area contributed by atoms with E-state index in [4.69, 9.17) is 5.73 Å². The van der Waals surface area contributed by atoms with Crippen LogP contribution in [0.15, 0.2) is 23.7 Å². The number of amides is 1. The molecule has 2 rings (SSSR count). The van der Waals surface area contributed by atoms with E-state index in [0.717, 1.165) is 5.71 Å². The molecule has 0 radical (unpaired) electrons. The zero-order valence-electron chi connectivity index (χ0n) is 10.6. The summed E-state index contributed by atoms with van der Waals surface area (Å²) in [6, 6.07) is 0. The Labute approximate surface area is 106 Å². The van der Waals surface area contributed by atoms with Crippen molar-refractivity contribution in [3.8, 4) is 0 Å². The van der Waals surface area contributed by atoms with Crippen molar-refractivity contribution in [3.63, 3.8) is 0 Å². The van der Waals surface area contributed by atoms with Crippen LogP contribution in [0.2, 0.25) is 0 Å². The molecule has 96 valence electrons. The molecule has 1 atom stereocenters. The molecule has 0 spiro atoms. The fraction of sp³-hybridized carbons (Fsp3) is 0.500. The molecule has 0 saturated heterocycles. The highest BCUT2D eigenvalue weighted by atomic mass is 16.2. The van der Waals surface area contributed by atoms with Crippen LogP contribution < -0.4 is 10.7 Å². The molecule has 1 amide bonds. The fourth-order valence-corrected chi connectivity index (χ4v) is 2.03. The average Bonchev–Trinajstić information content (AvgIpc) is 2.69. The number of aromatic nitrogens is 2. The number of nitrogens with zero attached hydrogens (tertiary/aromatic N) is 4. The molecular formula is C12H17N5O. The second kappa shape index (κ2) is 5.22. The van der Waals surface area contributed by atoms with Crippen molar-refractivity contribution in [2.75, 3.05) is 11.6 Å². The number of anilines is 1. The zero-order chi connectivity index (χ0) is 13.1. The van der Waals surface area contributed by atoms with Crippen LogP contribution in [0.5, 0.6) is 0 Å². The van der Waals surface area contributed by atoms with Gasteiger partial charge in [-0.15, -0.1) is 0 Å². The molecule has 6 heteroatoms. The smallest absolute Gasteiger partial charge is 0.257 e. The normalized spacial score (nSPS) is 19.6. The van der Waals surface area contributed by atoms with Gasteiger partial charge in [-0.1, -0.05) is 13.8 Å². The summed E-state index contributed by atoms with van der Waals surface area (Å²) in [4.78, 5) is 20.4. The number of carbonyl (C=O) groups is 1. The average molecular weight is 247 g/mol. The van der Waals surface area contributed by atoms with E-state index in [2.05, 4.69) is 15.1 Å². The maximum Gasteiger partial charge on any atom is 0.257 e. The first kappa shape index (κ1) is 12.6. The van der Waals surface area contributed by atoms with Crippen LogP contribution in [0.3, 0.4) is 0 Å². The third-order valence-corrected chi connectivity index (χ3v) is 2.89. The number of hydrogen-bond acceptors (Lipinski definition) is 5. The molecule has 1 aliphatic rings. The molecule has 1 aliphatic heterocycles. The second-order valence-electron chi connectivity index (χ2n) is 4.52. The van der Waals surface area contributed by atoms with Crippen molar-refractivity contribution < 1.29 is 4.79 Å². The van der Waals surface area contributed by atoms with Crippen molar-refractivity contribution in [2.24, 2.45) is 22.7 Å². The maximum absolute atomic E-state index is 12.3. The summed E-state index contributed by atoms with van der Waals surface area (Å²) in [7, 11) is 0. The molecular weight excluding hydrogens is 230 g/mol. The molecule has 0 fully saturated rings. The predicted octanol–water partition coefficient (Wildman–Crippen LogP) is 0.800. The summed E-state index contributed by atoms with van der Waals surface area (Å²) in [6.45, 7) is 4.52. The quantitative estimate of drug-likeness (QED) is 0.852. The molecule has 1 aromatic heterocycles. The van der Waals surface area contributed by atoms with Gasteiger partial charge < -0.3 is 5.73 Å². The van der Waals surface area contributed by atoms with Gasteiger partial charge in [-0.25, -0.2) is 4.98 Å². The number of hydrazone groups is 1. The Kier molecular flexibility index (Phi) is 3.66. The Morgan fingerprint density at radius 3 is 2.78 bits per heavy atom. The van der Waals surface area contributed by atoms with Crippen molar-refractivity contribution >= 4 is 17.4 Å². The Hall–Kier alpha value is -1.82. The van der Waals surface area contributed by atoms with Crippen LogP contribution in [-0.2, 0) is 4.79 Å². The minimum absolute atomic E-state index is 0.0651. The minimum Gasteiger partial charge on any atom is -0.330 e. The summed E-state index contributed by atoms with van der Waals surface area (Å²) in [5.74, 6) is 0.383. The van der Waals surface area contributed by atoms with E-state index in [1.54, 1.807) is 12.4 Å². The highest BCUT2D eigenvalue weighted by Crippen LogP contribution is 2.26. The van der Waals surface area contributed by atoms with E-state index in [1.807, 2.05) is 13.8 Å². The van der Waals surface area contributed by atoms with Gasteiger partial charge in [0.05, 0.1) is 17.8 Å². The first-order chi connectivity index (χ1) is 8.65. The Bertz CT molecular complexity index is 457. The standard InChI is InChI=1S/C12H17N5O/c1-8(2)11-9(3-4-13)12(18)17(16-11)10-7-14-5-6-15-10/h5-9H,3-4,13H2,1-2H3. The molecule has 1 aromatic rings. The molecule has 1 unspecified atom stereocenters. The topological polar surface area (TPSA) is 84.5 Å². The fourth-order valence-electron chi connectivity index (χ4n) is 2.03. The van der Waals surface area contributed by atoms with Crippen LogP contribution in [0, 0.1) is 11.8 Å². The summed E-state index contributed by atoms with van der Waals surface area (Å²) in [6.07, 6.45) is 5.26. The van der Waals surface area contributed by atoms with Crippen LogP contribution in [0.4, 0.5) is 5.82 Å². The molecule has 2 heterocycles. The summed E-state index contributed by atoms with van der Waals surface area (Å²) in [5.41, 5.74) is 6.43. The Morgan fingerprint density at radius 2 is 2.22 bits per heavy atom. The van der Waals surface area contributed by atoms with Gasteiger partial charge in [0.15, 0.2) is 5.82 Å². The van der Waals surface area contributed by atoms with E-state index < -0.39 is 0 Å². The summed E-state index contributed by atoms with van der Waals surface area (Å²) >= 11 is 0. The lowest BCUT2D eigenvalue weighted by molar-refractivity contribution is -0.119. The van der Waals surface area contributed by atoms with Gasteiger partial charge in [-0.2, -0.15) is 10.1 Å². The minimum atomic E-state index is -0.225. The largest absolute Gasteiger partial charge is 0.330 e. The van der Waals surface area contributed by atoms with Crippen LogP contribution in [0.25, 0.3) is 0 Å². The van der Waals surface area contributed by atoms with Crippen molar-refractivity contribution in [1.82, 2.24) is 9.97 Å². The zero-order valence-corrected chi connectivity index (χ0v) is 10.6. The first-order valence-electron chi connectivity index (χ1n) is 6.03. The second-order valence-corrected chi connectivity index (χ2v) is 4.52. The lowest BCUT2D eigenvalue weighted by Gasteiger charge is -2.13. The van der Waals surface area contributed by atoms with Gasteiger partial charge in [0, 0.05) is 12.4 Å². The maximum atomic E-state index is 12.3. The highest BCUT2D eigenvalue weighted by molar-refractivity contribution is 6.15. The monoisotopic (exact) mass is 247 g/mol. The van der Waals surface area contributed by atoms with E-state index in [0.29, 0.717) is 18.8 Å². The SMILES string of the molecule is CC(C)C1=NN(c2cnccn2)C(=O)C1CCN. The van der Waals surface area contributed by atoms with Crippen LogP contribution >= 0.6 is 0 Å². The molecule has 0 bridgehead atoms. The lowest BCUT2D eigenvalue weighted by atomic mass is 9.92. The van der Waals surface area contributed by atoms with E-state index in [-0.39, 0.29) is 17.7 Å². The Balaban J connectivity index is 2.31. The van der Waals surface area contributed by atoms with Gasteiger partial charge in [0.1, 0.15) is 0 Å². The first-order valence-corrected chi connectivity index (χ1v) is 6.03. The third kappa shape index (κ3) is 2.24. The number of rotatable bonds is 4. The number of carbonyl (C=O) groups excluding carboxylic acids is 1. The van der Waals surface area contributed by atoms with Gasteiger partial charge >= 0.3 is 0 Å². The third-order valence-electron chi connectivity index (χ3n) is 2.89. The van der Waals surface area contributed by atoms with Gasteiger partial charge in [-0.3, -0.25) is 9.78 Å². The molecule has 0 aliphatic carbocycles. The predicted molar refractivity (Wildman–Crippen MR) is 69.0 cm³/mol. The molecule has 0 aromatic carbocycles. The van der Waals surface area contributed by atoms with Crippen LogP contribution in [-0.4, -0.2) is 28.1 Å². The van der Waals surface area contributed by atoms with E-state index in [1.165, 1.54) is 11.2 Å². The Morgan fingerprint density at radius 1 is 1.44 bits per heavy atom.